The van der Waals surface area contributed by atoms with Crippen LogP contribution in [0.15, 0.2) is 9.98 Å². The van der Waals surface area contributed by atoms with Crippen LogP contribution in [0.4, 0.5) is 0 Å². The van der Waals surface area contributed by atoms with Crippen molar-refractivity contribution in [2.45, 2.75) is 38.3 Å². The number of rotatable bonds is 3. The molecule has 0 aromatic rings. The fourth-order valence-corrected chi connectivity index (χ4v) is 1.34. The Morgan fingerprint density at radius 2 is 2.70 bits per heavy atom. The third-order valence-corrected chi connectivity index (χ3v) is 1.99. The predicted molar refractivity (Wildman–Crippen MR) is 45.1 cm³/mol. The highest BCUT2D eigenvalue weighted by atomic mass is 14.9. The average Bonchev–Trinajstić information content (AvgIpc) is 2.43. The highest BCUT2D eigenvalue weighted by Gasteiger charge is 2.18. The molecule has 1 heterocycles. The van der Waals surface area contributed by atoms with E-state index in [2.05, 4.69) is 23.6 Å². The summed E-state index contributed by atoms with van der Waals surface area (Å²) in [6, 6.07) is 0.793. The van der Waals surface area contributed by atoms with Crippen LogP contribution in [0.2, 0.25) is 0 Å². The van der Waals surface area contributed by atoms with E-state index < -0.39 is 0 Å². The summed E-state index contributed by atoms with van der Waals surface area (Å²) in [7, 11) is 0. The van der Waals surface area contributed by atoms with Crippen molar-refractivity contribution < 1.29 is 0 Å². The minimum Gasteiger partial charge on any atom is -0.295 e. The lowest BCUT2D eigenvalue weighted by Gasteiger charge is -2.13. The average molecular weight is 138 g/mol. The summed E-state index contributed by atoms with van der Waals surface area (Å²) in [4.78, 5) is 8.34. The first kappa shape index (κ1) is 7.45. The summed E-state index contributed by atoms with van der Waals surface area (Å²) in [5, 5.41) is 0. The number of hydrogen-bond acceptors (Lipinski definition) is 2. The van der Waals surface area contributed by atoms with Crippen LogP contribution >= 0.6 is 0 Å². The monoisotopic (exact) mass is 138 g/mol. The van der Waals surface area contributed by atoms with E-state index in [0.717, 1.165) is 19.3 Å². The smallest absolute Gasteiger partial charge is 0.0722 e. The molecule has 0 saturated carbocycles. The number of aliphatic imine (C=N–C) groups is 2. The molecular weight excluding hydrogens is 124 g/mol. The van der Waals surface area contributed by atoms with E-state index in [0.29, 0.717) is 12.1 Å². The maximum atomic E-state index is 4.32. The normalized spacial score (nSPS) is 26.7. The number of nitrogens with zero attached hydrogens (tertiary/aromatic N) is 2. The second-order valence-electron chi connectivity index (χ2n) is 2.63. The van der Waals surface area contributed by atoms with Crippen LogP contribution in [0.3, 0.4) is 0 Å². The van der Waals surface area contributed by atoms with Gasteiger partial charge in [0, 0.05) is 0 Å². The molecule has 0 aromatic heterocycles. The first-order valence-corrected chi connectivity index (χ1v) is 3.86. The molecule has 0 aromatic carbocycles. The van der Waals surface area contributed by atoms with Gasteiger partial charge in [-0.3, -0.25) is 9.98 Å². The Balaban J connectivity index is 2.44. The molecule has 0 amide bonds. The molecule has 0 saturated heterocycles. The topological polar surface area (TPSA) is 24.7 Å². The highest BCUT2D eigenvalue weighted by molar-refractivity contribution is 5.60. The Morgan fingerprint density at radius 1 is 1.90 bits per heavy atom. The zero-order chi connectivity index (χ0) is 7.40. The van der Waals surface area contributed by atoms with Crippen molar-refractivity contribution in [3.63, 3.8) is 0 Å². The fourth-order valence-electron chi connectivity index (χ4n) is 1.34. The van der Waals surface area contributed by atoms with Crippen LogP contribution in [-0.4, -0.2) is 25.0 Å². The van der Waals surface area contributed by atoms with Gasteiger partial charge in [0.2, 0.25) is 0 Å². The van der Waals surface area contributed by atoms with Crippen molar-refractivity contribution >= 4 is 12.9 Å². The zero-order valence-electron chi connectivity index (χ0n) is 6.45. The van der Waals surface area contributed by atoms with Crippen LogP contribution in [0.25, 0.3) is 0 Å². The molecule has 10 heavy (non-hydrogen) atoms. The van der Waals surface area contributed by atoms with Crippen molar-refractivity contribution in [1.29, 1.82) is 0 Å². The minimum atomic E-state index is 0.360. The molecule has 1 rings (SSSR count). The Labute approximate surface area is 62.1 Å². The lowest BCUT2D eigenvalue weighted by Crippen LogP contribution is -2.18. The van der Waals surface area contributed by atoms with Gasteiger partial charge < -0.3 is 0 Å². The first-order valence-electron chi connectivity index (χ1n) is 3.86. The second kappa shape index (κ2) is 3.49. The van der Waals surface area contributed by atoms with E-state index in [1.54, 1.807) is 0 Å². The van der Waals surface area contributed by atoms with Gasteiger partial charge in [0.25, 0.3) is 0 Å². The predicted octanol–water partition coefficient (Wildman–Crippen LogP) is 1.70. The molecule has 2 nitrogen and oxygen atoms in total. The Morgan fingerprint density at radius 3 is 3.10 bits per heavy atom. The molecule has 0 aliphatic carbocycles. The van der Waals surface area contributed by atoms with Crippen molar-refractivity contribution in [3.05, 3.63) is 0 Å². The first-order chi connectivity index (χ1) is 4.88. The SMILES string of the molecule is C=NC(CC)C1CCC=N1. The molecule has 0 bridgehead atoms. The van der Waals surface area contributed by atoms with Gasteiger partial charge in [-0.1, -0.05) is 6.92 Å². The van der Waals surface area contributed by atoms with E-state index in [4.69, 9.17) is 0 Å². The van der Waals surface area contributed by atoms with Gasteiger partial charge in [0.15, 0.2) is 0 Å². The van der Waals surface area contributed by atoms with E-state index in [-0.39, 0.29) is 0 Å². The van der Waals surface area contributed by atoms with Gasteiger partial charge in [-0.05, 0) is 32.2 Å². The standard InChI is InChI=1S/C8H14N2/c1-3-7(9-2)8-5-4-6-10-8/h6-8H,2-5H2,1H3. The van der Waals surface area contributed by atoms with Gasteiger partial charge in [-0.2, -0.15) is 0 Å². The lowest BCUT2D eigenvalue weighted by atomic mass is 10.0. The Kier molecular flexibility index (Phi) is 2.60. The van der Waals surface area contributed by atoms with Crippen LogP contribution in [-0.2, 0) is 0 Å². The molecule has 2 heteroatoms. The maximum Gasteiger partial charge on any atom is 0.0722 e. The third kappa shape index (κ3) is 1.43. The van der Waals surface area contributed by atoms with Crippen LogP contribution in [0.1, 0.15) is 26.2 Å². The highest BCUT2D eigenvalue weighted by Crippen LogP contribution is 2.16. The fraction of sp³-hybridized carbons (Fsp3) is 0.750. The van der Waals surface area contributed by atoms with Gasteiger partial charge >= 0.3 is 0 Å². The lowest BCUT2D eigenvalue weighted by molar-refractivity contribution is 0.518. The summed E-state index contributed by atoms with van der Waals surface area (Å²) in [6.07, 6.45) is 5.35. The molecule has 0 fully saturated rings. The van der Waals surface area contributed by atoms with E-state index >= 15 is 0 Å². The maximum absolute atomic E-state index is 4.32. The summed E-state index contributed by atoms with van der Waals surface area (Å²) >= 11 is 0. The van der Waals surface area contributed by atoms with Crippen LogP contribution < -0.4 is 0 Å². The minimum absolute atomic E-state index is 0.360. The largest absolute Gasteiger partial charge is 0.295 e. The van der Waals surface area contributed by atoms with Crippen molar-refractivity contribution in [2.24, 2.45) is 9.98 Å². The molecule has 0 radical (unpaired) electrons. The summed E-state index contributed by atoms with van der Waals surface area (Å²) < 4.78 is 0. The molecule has 56 valence electrons. The van der Waals surface area contributed by atoms with Gasteiger partial charge in [0.05, 0.1) is 12.1 Å². The molecule has 0 spiro atoms. The van der Waals surface area contributed by atoms with Crippen molar-refractivity contribution in [3.8, 4) is 0 Å². The zero-order valence-corrected chi connectivity index (χ0v) is 6.45. The van der Waals surface area contributed by atoms with E-state index in [1.807, 2.05) is 6.21 Å². The number of hydrogen-bond donors (Lipinski definition) is 0. The summed E-state index contributed by atoms with van der Waals surface area (Å²) in [5.41, 5.74) is 0. The molecule has 2 unspecified atom stereocenters. The van der Waals surface area contributed by atoms with Crippen LogP contribution in [0, 0.1) is 0 Å². The second-order valence-corrected chi connectivity index (χ2v) is 2.63. The molecule has 0 N–H and O–H groups in total. The van der Waals surface area contributed by atoms with Crippen LogP contribution in [0.5, 0.6) is 0 Å². The molecule has 2 atom stereocenters. The Bertz CT molecular complexity index is 140. The Hall–Kier alpha value is -0.660. The third-order valence-electron chi connectivity index (χ3n) is 1.99. The molecule has 1 aliphatic heterocycles. The van der Waals surface area contributed by atoms with E-state index in [9.17, 15) is 0 Å². The molecular formula is C8H14N2. The van der Waals surface area contributed by atoms with Crippen molar-refractivity contribution in [2.75, 3.05) is 0 Å². The van der Waals surface area contributed by atoms with Gasteiger partial charge in [-0.15, -0.1) is 0 Å². The van der Waals surface area contributed by atoms with E-state index in [1.165, 1.54) is 0 Å². The van der Waals surface area contributed by atoms with Gasteiger partial charge in [0.1, 0.15) is 0 Å². The van der Waals surface area contributed by atoms with Gasteiger partial charge in [-0.25, -0.2) is 0 Å². The molecule has 1 aliphatic rings. The quantitative estimate of drug-likeness (QED) is 0.530. The summed E-state index contributed by atoms with van der Waals surface area (Å²) in [5.74, 6) is 0. The summed E-state index contributed by atoms with van der Waals surface area (Å²) in [6.45, 7) is 5.68. The van der Waals surface area contributed by atoms with Crippen molar-refractivity contribution in [1.82, 2.24) is 0 Å².